The number of nitrogen functional groups attached to an aromatic ring is 1. The molecule has 0 amide bonds. The number of nitrogens with two attached hydrogens (primary N) is 1. The van der Waals surface area contributed by atoms with E-state index in [4.69, 9.17) is 35.8 Å². The zero-order valence-electron chi connectivity index (χ0n) is 14.8. The van der Waals surface area contributed by atoms with Crippen molar-refractivity contribution < 1.29 is 32.2 Å². The predicted octanol–water partition coefficient (Wildman–Crippen LogP) is 1.37. The fraction of sp³-hybridized carbons (Fsp3) is 0.643. The molecule has 2 aliphatic rings. The number of aliphatic hydroxyl groups excluding tert-OH is 1. The van der Waals surface area contributed by atoms with Crippen molar-refractivity contribution in [3.05, 3.63) is 12.7 Å². The molecule has 2 saturated heterocycles. The maximum atomic E-state index is 14.0. The third kappa shape index (κ3) is 3.02. The van der Waals surface area contributed by atoms with E-state index in [9.17, 15) is 13.9 Å². The number of halogens is 2. The standard InChI is InChI=1S/C14H18F2N5O5PS/c1-6(2)25-27(28)23-3-14(13(15)16)9(26-27)8(22)12(24-14)21-5-20-11-7(21)10(17)18-4-19-11/h4-6,8-9,12-13,22H,3H2,1-2H3,(H2,17,18,19)/t8-,9-,12-,14-,27?/m1/s1. The molecule has 1 unspecified atom stereocenters. The summed E-state index contributed by atoms with van der Waals surface area (Å²) in [5.74, 6) is 0.0599. The monoisotopic (exact) mass is 437 g/mol. The Morgan fingerprint density at radius 2 is 2.18 bits per heavy atom. The molecule has 0 radical (unpaired) electrons. The van der Waals surface area contributed by atoms with Gasteiger partial charge in [0, 0.05) is 0 Å². The fourth-order valence-corrected chi connectivity index (χ4v) is 5.86. The summed E-state index contributed by atoms with van der Waals surface area (Å²) in [6.07, 6.45) is -5.16. The van der Waals surface area contributed by atoms with E-state index in [-0.39, 0.29) is 23.1 Å². The summed E-state index contributed by atoms with van der Waals surface area (Å²) in [4.78, 5) is 11.9. The molecular weight excluding hydrogens is 419 g/mol. The quantitative estimate of drug-likeness (QED) is 0.677. The Labute approximate surface area is 163 Å². The molecule has 4 rings (SSSR count). The number of rotatable bonds is 4. The lowest BCUT2D eigenvalue weighted by atomic mass is 9.96. The van der Waals surface area contributed by atoms with Gasteiger partial charge in [0.25, 0.3) is 6.43 Å². The van der Waals surface area contributed by atoms with Crippen LogP contribution in [0.3, 0.4) is 0 Å². The summed E-state index contributed by atoms with van der Waals surface area (Å²) in [7, 11) is 0. The molecule has 3 N–H and O–H groups in total. The molecule has 0 spiro atoms. The van der Waals surface area contributed by atoms with Crippen molar-refractivity contribution in [2.45, 2.75) is 50.4 Å². The van der Waals surface area contributed by atoms with E-state index < -0.39 is 43.8 Å². The van der Waals surface area contributed by atoms with Gasteiger partial charge in [0.1, 0.15) is 30.4 Å². The molecular formula is C14H18F2N5O5PS. The highest BCUT2D eigenvalue weighted by Gasteiger charge is 2.66. The van der Waals surface area contributed by atoms with Crippen molar-refractivity contribution in [1.82, 2.24) is 19.5 Å². The first kappa shape index (κ1) is 20.0. The van der Waals surface area contributed by atoms with E-state index in [0.717, 1.165) is 0 Å². The van der Waals surface area contributed by atoms with E-state index in [1.54, 1.807) is 13.8 Å². The molecule has 154 valence electrons. The van der Waals surface area contributed by atoms with Crippen LogP contribution in [0.5, 0.6) is 0 Å². The highest BCUT2D eigenvalue weighted by Crippen LogP contribution is 2.61. The number of aliphatic hydroxyl groups is 1. The maximum absolute atomic E-state index is 14.0. The summed E-state index contributed by atoms with van der Waals surface area (Å²) in [6, 6.07) is 0. The molecule has 28 heavy (non-hydrogen) atoms. The SMILES string of the molecule is CC(C)OP1(=S)OC[C@@]2(C(F)F)O[C@@H](n3cnc4ncnc(N)c43)[C@H](O)[C@H]2O1. The van der Waals surface area contributed by atoms with Crippen LogP contribution in [0.15, 0.2) is 12.7 Å². The molecule has 0 bridgehead atoms. The van der Waals surface area contributed by atoms with E-state index in [0.29, 0.717) is 0 Å². The minimum Gasteiger partial charge on any atom is -0.386 e. The summed E-state index contributed by atoms with van der Waals surface area (Å²) in [5, 5.41) is 10.8. The molecule has 2 aromatic rings. The largest absolute Gasteiger partial charge is 0.386 e. The van der Waals surface area contributed by atoms with Crippen LogP contribution in [-0.4, -0.2) is 61.6 Å². The van der Waals surface area contributed by atoms with Gasteiger partial charge in [-0.2, -0.15) is 0 Å². The number of nitrogens with zero attached hydrogens (tertiary/aromatic N) is 4. The Balaban J connectivity index is 1.74. The molecule has 14 heteroatoms. The minimum absolute atomic E-state index is 0.0599. The topological polar surface area (TPSA) is 127 Å². The van der Waals surface area contributed by atoms with Crippen LogP contribution in [0.1, 0.15) is 20.1 Å². The Hall–Kier alpha value is -1.34. The van der Waals surface area contributed by atoms with Gasteiger partial charge in [0.2, 0.25) is 0 Å². The van der Waals surface area contributed by atoms with Crippen LogP contribution in [0, 0.1) is 0 Å². The summed E-state index contributed by atoms with van der Waals surface area (Å²) < 4.78 is 51.4. The number of fused-ring (bicyclic) bond motifs is 2. The average Bonchev–Trinajstić information content (AvgIpc) is 3.15. The first-order chi connectivity index (χ1) is 13.2. The lowest BCUT2D eigenvalue weighted by Crippen LogP contribution is -2.56. The van der Waals surface area contributed by atoms with Gasteiger partial charge in [-0.25, -0.2) is 23.7 Å². The van der Waals surface area contributed by atoms with Crippen LogP contribution in [0.4, 0.5) is 14.6 Å². The van der Waals surface area contributed by atoms with Crippen molar-refractivity contribution in [2.24, 2.45) is 0 Å². The number of ether oxygens (including phenoxy) is 1. The Kier molecular flexibility index (Phi) is 4.90. The third-order valence-corrected chi connectivity index (χ3v) is 6.94. The zero-order valence-corrected chi connectivity index (χ0v) is 16.5. The van der Waals surface area contributed by atoms with Gasteiger partial charge in [-0.15, -0.1) is 0 Å². The van der Waals surface area contributed by atoms with Gasteiger partial charge in [0.15, 0.2) is 23.3 Å². The van der Waals surface area contributed by atoms with Gasteiger partial charge in [-0.1, -0.05) is 0 Å². The van der Waals surface area contributed by atoms with Crippen molar-refractivity contribution >= 4 is 35.5 Å². The molecule has 2 fully saturated rings. The highest BCUT2D eigenvalue weighted by atomic mass is 32.5. The molecule has 10 nitrogen and oxygen atoms in total. The molecule has 5 atom stereocenters. The number of anilines is 1. The van der Waals surface area contributed by atoms with Crippen molar-refractivity contribution in [3.8, 4) is 0 Å². The van der Waals surface area contributed by atoms with E-state index in [2.05, 4.69) is 15.0 Å². The number of hydrogen-bond acceptors (Lipinski definition) is 10. The van der Waals surface area contributed by atoms with Crippen molar-refractivity contribution in [1.29, 1.82) is 0 Å². The van der Waals surface area contributed by atoms with E-state index in [1.165, 1.54) is 17.2 Å². The van der Waals surface area contributed by atoms with E-state index in [1.807, 2.05) is 0 Å². The molecule has 2 aliphatic heterocycles. The molecule has 0 aliphatic carbocycles. The number of aromatic nitrogens is 4. The fourth-order valence-electron chi connectivity index (χ4n) is 3.28. The van der Waals surface area contributed by atoms with Gasteiger partial charge in [0.05, 0.1) is 12.7 Å². The van der Waals surface area contributed by atoms with Crippen LogP contribution < -0.4 is 5.73 Å². The first-order valence-corrected chi connectivity index (χ1v) is 10.9. The summed E-state index contributed by atoms with van der Waals surface area (Å²) >= 11 is 5.25. The Morgan fingerprint density at radius 1 is 1.43 bits per heavy atom. The number of alkyl halides is 2. The minimum atomic E-state index is -3.33. The zero-order chi connectivity index (χ0) is 20.3. The number of hydrogen-bond donors (Lipinski definition) is 2. The Morgan fingerprint density at radius 3 is 2.86 bits per heavy atom. The second-order valence-corrected chi connectivity index (χ2v) is 9.65. The smallest absolute Gasteiger partial charge is 0.328 e. The third-order valence-electron chi connectivity index (χ3n) is 4.49. The van der Waals surface area contributed by atoms with Gasteiger partial charge in [-0.3, -0.25) is 9.09 Å². The predicted molar refractivity (Wildman–Crippen MR) is 95.9 cm³/mol. The summed E-state index contributed by atoms with van der Waals surface area (Å²) in [6.45, 7) is -0.508. The lowest BCUT2D eigenvalue weighted by Gasteiger charge is -2.41. The Bertz CT molecular complexity index is 948. The second kappa shape index (κ2) is 6.87. The van der Waals surface area contributed by atoms with E-state index >= 15 is 0 Å². The van der Waals surface area contributed by atoms with Crippen LogP contribution in [-0.2, 0) is 30.1 Å². The van der Waals surface area contributed by atoms with Crippen molar-refractivity contribution in [2.75, 3.05) is 12.3 Å². The number of imidazole rings is 1. The normalized spacial score (nSPS) is 35.8. The van der Waals surface area contributed by atoms with Gasteiger partial charge < -0.3 is 24.6 Å². The van der Waals surface area contributed by atoms with Crippen LogP contribution in [0.25, 0.3) is 11.2 Å². The average molecular weight is 437 g/mol. The molecule has 4 heterocycles. The van der Waals surface area contributed by atoms with Gasteiger partial charge in [-0.05, 0) is 25.7 Å². The maximum Gasteiger partial charge on any atom is 0.328 e. The van der Waals surface area contributed by atoms with Crippen molar-refractivity contribution in [3.63, 3.8) is 0 Å². The van der Waals surface area contributed by atoms with Gasteiger partial charge >= 0.3 is 6.72 Å². The molecule has 0 saturated carbocycles. The summed E-state index contributed by atoms with van der Waals surface area (Å²) in [5.41, 5.74) is 4.11. The van der Waals surface area contributed by atoms with Crippen LogP contribution >= 0.6 is 6.72 Å². The molecule has 0 aromatic carbocycles. The first-order valence-electron chi connectivity index (χ1n) is 8.35. The van der Waals surface area contributed by atoms with Crippen LogP contribution in [0.2, 0.25) is 0 Å². The second-order valence-electron chi connectivity index (χ2n) is 6.74. The molecule has 2 aromatic heterocycles. The lowest BCUT2D eigenvalue weighted by molar-refractivity contribution is -0.204. The highest BCUT2D eigenvalue weighted by molar-refractivity contribution is 8.07.